The van der Waals surface area contributed by atoms with Crippen LogP contribution in [0.5, 0.6) is 0 Å². The average molecular weight is 415 g/mol. The van der Waals surface area contributed by atoms with Gasteiger partial charge in [0.15, 0.2) is 0 Å². The van der Waals surface area contributed by atoms with Crippen molar-refractivity contribution in [3.63, 3.8) is 0 Å². The first-order valence-corrected chi connectivity index (χ1v) is 9.52. The predicted octanol–water partition coefficient (Wildman–Crippen LogP) is 5.82. The first-order valence-electron chi connectivity index (χ1n) is 8.33. The molecule has 7 heteroatoms. The molecule has 2 N–H and O–H groups in total. The van der Waals surface area contributed by atoms with Crippen LogP contribution in [0.4, 0.5) is 15.8 Å². The molecule has 0 spiro atoms. The van der Waals surface area contributed by atoms with E-state index in [0.717, 1.165) is 15.3 Å². The van der Waals surface area contributed by atoms with Crippen LogP contribution < -0.4 is 10.6 Å². The highest BCUT2D eigenvalue weighted by Gasteiger charge is 2.06. The molecular formula is C21H16ClFN2O2S. The van der Waals surface area contributed by atoms with E-state index >= 15 is 0 Å². The molecule has 2 amide bonds. The lowest BCUT2D eigenvalue weighted by molar-refractivity contribution is -0.114. The Kier molecular flexibility index (Phi) is 6.23. The molecule has 142 valence electrons. The van der Waals surface area contributed by atoms with Crippen LogP contribution in [0.15, 0.2) is 60.7 Å². The van der Waals surface area contributed by atoms with Gasteiger partial charge in [0, 0.05) is 28.4 Å². The third kappa shape index (κ3) is 5.28. The third-order valence-corrected chi connectivity index (χ3v) is 5.11. The van der Waals surface area contributed by atoms with Gasteiger partial charge in [-0.15, -0.1) is 11.3 Å². The first kappa shape index (κ1) is 19.8. The maximum absolute atomic E-state index is 13.0. The van der Waals surface area contributed by atoms with Gasteiger partial charge in [0.1, 0.15) is 5.82 Å². The van der Waals surface area contributed by atoms with E-state index < -0.39 is 0 Å². The fourth-order valence-corrected chi connectivity index (χ4v) is 3.58. The summed E-state index contributed by atoms with van der Waals surface area (Å²) in [4.78, 5) is 25.1. The molecule has 0 radical (unpaired) electrons. The zero-order chi connectivity index (χ0) is 20.1. The molecule has 0 aliphatic carbocycles. The second-order valence-corrected chi connectivity index (χ2v) is 7.43. The molecule has 28 heavy (non-hydrogen) atoms. The van der Waals surface area contributed by atoms with Crippen molar-refractivity contribution in [3.05, 3.63) is 76.4 Å². The Morgan fingerprint density at radius 3 is 2.46 bits per heavy atom. The number of anilines is 2. The van der Waals surface area contributed by atoms with E-state index in [1.165, 1.54) is 36.5 Å². The van der Waals surface area contributed by atoms with E-state index in [1.807, 2.05) is 12.1 Å². The number of carbonyl (C=O) groups is 2. The van der Waals surface area contributed by atoms with Crippen LogP contribution in [0.2, 0.25) is 5.02 Å². The topological polar surface area (TPSA) is 58.2 Å². The number of halogens is 2. The van der Waals surface area contributed by atoms with E-state index in [1.54, 1.807) is 36.4 Å². The molecule has 1 aromatic heterocycles. The van der Waals surface area contributed by atoms with Gasteiger partial charge in [-0.25, -0.2) is 4.39 Å². The van der Waals surface area contributed by atoms with Crippen LogP contribution in [0, 0.1) is 5.82 Å². The predicted molar refractivity (Wildman–Crippen MR) is 113 cm³/mol. The van der Waals surface area contributed by atoms with Gasteiger partial charge >= 0.3 is 0 Å². The van der Waals surface area contributed by atoms with E-state index in [-0.39, 0.29) is 17.6 Å². The number of rotatable bonds is 5. The smallest absolute Gasteiger partial charge is 0.248 e. The summed E-state index contributed by atoms with van der Waals surface area (Å²) in [7, 11) is 0. The van der Waals surface area contributed by atoms with E-state index in [2.05, 4.69) is 10.6 Å². The van der Waals surface area contributed by atoms with Crippen molar-refractivity contribution in [2.75, 3.05) is 10.6 Å². The second kappa shape index (κ2) is 8.82. The van der Waals surface area contributed by atoms with Gasteiger partial charge in [0.2, 0.25) is 11.8 Å². The molecule has 0 aliphatic heterocycles. The second-order valence-electron chi connectivity index (χ2n) is 5.91. The Hall–Kier alpha value is -2.96. The van der Waals surface area contributed by atoms with Gasteiger partial charge in [-0.05, 0) is 54.1 Å². The number of amides is 2. The minimum atomic E-state index is -0.305. The molecule has 1 heterocycles. The molecule has 0 saturated carbocycles. The molecule has 3 rings (SSSR count). The van der Waals surface area contributed by atoms with Crippen LogP contribution in [0.3, 0.4) is 0 Å². The summed E-state index contributed by atoms with van der Waals surface area (Å²) in [6.45, 7) is 1.39. The SMILES string of the molecule is CC(=O)Nc1ccc(NC(=O)/C=C/c2ccc(-c3ccc(F)cc3)s2)cc1Cl. The minimum absolute atomic E-state index is 0.224. The molecule has 0 saturated heterocycles. The number of hydrogen-bond acceptors (Lipinski definition) is 3. The summed E-state index contributed by atoms with van der Waals surface area (Å²) >= 11 is 7.59. The van der Waals surface area contributed by atoms with E-state index in [9.17, 15) is 14.0 Å². The van der Waals surface area contributed by atoms with E-state index in [4.69, 9.17) is 11.6 Å². The van der Waals surface area contributed by atoms with Crippen LogP contribution in [-0.2, 0) is 9.59 Å². The number of carbonyl (C=O) groups excluding carboxylic acids is 2. The Morgan fingerprint density at radius 2 is 1.79 bits per heavy atom. The van der Waals surface area contributed by atoms with E-state index in [0.29, 0.717) is 16.4 Å². The monoisotopic (exact) mass is 414 g/mol. The highest BCUT2D eigenvalue weighted by atomic mass is 35.5. The standard InChI is InChI=1S/C21H16ClFN2O2S/c1-13(26)24-19-9-6-16(12-18(19)22)25-21(27)11-8-17-7-10-20(28-17)14-2-4-15(23)5-3-14/h2-12H,1H3,(H,24,26)(H,25,27)/b11-8+. The van der Waals surface area contributed by atoms with Crippen molar-refractivity contribution in [2.24, 2.45) is 0 Å². The fraction of sp³-hybridized carbons (Fsp3) is 0.0476. The summed E-state index contributed by atoms with van der Waals surface area (Å²) in [6, 6.07) is 14.9. The lowest BCUT2D eigenvalue weighted by Crippen LogP contribution is -2.09. The lowest BCUT2D eigenvalue weighted by atomic mass is 10.2. The number of nitrogens with one attached hydrogen (secondary N) is 2. The first-order chi connectivity index (χ1) is 13.4. The van der Waals surface area contributed by atoms with Gasteiger partial charge in [-0.3, -0.25) is 9.59 Å². The van der Waals surface area contributed by atoms with Gasteiger partial charge in [0.25, 0.3) is 0 Å². The zero-order valence-electron chi connectivity index (χ0n) is 14.8. The largest absolute Gasteiger partial charge is 0.325 e. The zero-order valence-corrected chi connectivity index (χ0v) is 16.4. The van der Waals surface area contributed by atoms with Crippen LogP contribution in [0.25, 0.3) is 16.5 Å². The average Bonchev–Trinajstić information content (AvgIpc) is 3.12. The third-order valence-electron chi connectivity index (χ3n) is 3.70. The van der Waals surface area contributed by atoms with Crippen molar-refractivity contribution < 1.29 is 14.0 Å². The molecule has 0 bridgehead atoms. The lowest BCUT2D eigenvalue weighted by Gasteiger charge is -2.07. The molecule has 3 aromatic rings. The van der Waals surface area contributed by atoms with Crippen LogP contribution in [0.1, 0.15) is 11.8 Å². The Balaban J connectivity index is 1.63. The fourth-order valence-electron chi connectivity index (χ4n) is 2.44. The molecular weight excluding hydrogens is 399 g/mol. The van der Waals surface area contributed by atoms with Gasteiger partial charge in [0.05, 0.1) is 10.7 Å². The van der Waals surface area contributed by atoms with Crippen molar-refractivity contribution >= 4 is 52.2 Å². The maximum Gasteiger partial charge on any atom is 0.248 e. The molecule has 0 atom stereocenters. The Bertz CT molecular complexity index is 1040. The summed E-state index contributed by atoms with van der Waals surface area (Å²) < 4.78 is 13.0. The molecule has 0 aliphatic rings. The highest BCUT2D eigenvalue weighted by Crippen LogP contribution is 2.29. The quantitative estimate of drug-likeness (QED) is 0.517. The summed E-state index contributed by atoms with van der Waals surface area (Å²) in [5.41, 5.74) is 1.92. The molecule has 2 aromatic carbocycles. The van der Waals surface area contributed by atoms with Gasteiger partial charge < -0.3 is 10.6 Å². The van der Waals surface area contributed by atoms with Crippen LogP contribution in [-0.4, -0.2) is 11.8 Å². The minimum Gasteiger partial charge on any atom is -0.325 e. The summed E-state index contributed by atoms with van der Waals surface area (Å²) in [5, 5.41) is 5.65. The van der Waals surface area contributed by atoms with Gasteiger partial charge in [-0.2, -0.15) is 0 Å². The Morgan fingerprint density at radius 1 is 1.04 bits per heavy atom. The number of thiophene rings is 1. The summed E-state index contributed by atoms with van der Waals surface area (Å²) in [6.07, 6.45) is 3.14. The van der Waals surface area contributed by atoms with Crippen molar-refractivity contribution in [2.45, 2.75) is 6.92 Å². The molecule has 0 fully saturated rings. The number of benzene rings is 2. The molecule has 4 nitrogen and oxygen atoms in total. The van der Waals surface area contributed by atoms with Crippen molar-refractivity contribution in [1.29, 1.82) is 0 Å². The van der Waals surface area contributed by atoms with Crippen molar-refractivity contribution in [1.82, 2.24) is 0 Å². The Labute approximate surface area is 170 Å². The number of hydrogen-bond donors (Lipinski definition) is 2. The van der Waals surface area contributed by atoms with Gasteiger partial charge in [-0.1, -0.05) is 23.7 Å². The van der Waals surface area contributed by atoms with Crippen molar-refractivity contribution in [3.8, 4) is 10.4 Å². The maximum atomic E-state index is 13.0. The summed E-state index contributed by atoms with van der Waals surface area (Å²) in [5.74, 6) is -0.806. The molecule has 0 unspecified atom stereocenters. The highest BCUT2D eigenvalue weighted by molar-refractivity contribution is 7.16. The van der Waals surface area contributed by atoms with Crippen LogP contribution >= 0.6 is 22.9 Å². The normalized spacial score (nSPS) is 10.8.